The molecule has 1 aromatic heterocycles. The summed E-state index contributed by atoms with van der Waals surface area (Å²) in [6, 6.07) is 4.88. The van der Waals surface area contributed by atoms with E-state index in [2.05, 4.69) is 48.1 Å². The van der Waals surface area contributed by atoms with Gasteiger partial charge in [0.2, 0.25) is 0 Å². The van der Waals surface area contributed by atoms with Gasteiger partial charge in [-0.25, -0.2) is 0 Å². The summed E-state index contributed by atoms with van der Waals surface area (Å²) in [4.78, 5) is 7.17. The van der Waals surface area contributed by atoms with Crippen molar-refractivity contribution in [2.24, 2.45) is 0 Å². The summed E-state index contributed by atoms with van der Waals surface area (Å²) in [6.45, 7) is 11.2. The maximum Gasteiger partial charge on any atom is 0.0482 e. The number of nitrogens with one attached hydrogen (secondary N) is 1. The highest BCUT2D eigenvalue weighted by Gasteiger charge is 2.30. The number of likely N-dealkylation sites (N-methyl/N-ethyl adjacent to an activating group) is 1. The minimum atomic E-state index is 0.566. The Bertz CT molecular complexity index is 401. The minimum absolute atomic E-state index is 0.566. The molecule has 0 bridgehead atoms. The van der Waals surface area contributed by atoms with Gasteiger partial charge in [-0.3, -0.25) is 4.98 Å². The molecule has 0 saturated heterocycles. The molecule has 2 rings (SSSR count). The van der Waals surface area contributed by atoms with Crippen LogP contribution < -0.4 is 5.32 Å². The number of rotatable bonds is 8. The minimum Gasteiger partial charge on any atom is -0.314 e. The molecule has 112 valence electrons. The lowest BCUT2D eigenvalue weighted by Crippen LogP contribution is -2.38. The van der Waals surface area contributed by atoms with Crippen molar-refractivity contribution in [3.63, 3.8) is 0 Å². The molecule has 2 atom stereocenters. The monoisotopic (exact) mass is 275 g/mol. The molecule has 0 radical (unpaired) electrons. The van der Waals surface area contributed by atoms with Gasteiger partial charge in [0.1, 0.15) is 0 Å². The number of hydrogen-bond acceptors (Lipinski definition) is 3. The third kappa shape index (κ3) is 3.58. The van der Waals surface area contributed by atoms with Crippen molar-refractivity contribution in [3.8, 4) is 0 Å². The first-order chi connectivity index (χ1) is 9.80. The van der Waals surface area contributed by atoms with Gasteiger partial charge in [-0.05, 0) is 57.1 Å². The van der Waals surface area contributed by atoms with Crippen molar-refractivity contribution in [3.05, 3.63) is 29.6 Å². The summed E-state index contributed by atoms with van der Waals surface area (Å²) in [6.07, 6.45) is 5.62. The summed E-state index contributed by atoms with van der Waals surface area (Å²) >= 11 is 0. The first-order valence-electron chi connectivity index (χ1n) is 8.19. The predicted octanol–water partition coefficient (Wildman–Crippen LogP) is 2.82. The Labute approximate surface area is 123 Å². The molecule has 0 aromatic carbocycles. The van der Waals surface area contributed by atoms with E-state index >= 15 is 0 Å². The van der Waals surface area contributed by atoms with Gasteiger partial charge in [0.05, 0.1) is 0 Å². The average Bonchev–Trinajstić information content (AvgIpc) is 2.91. The molecule has 0 spiro atoms. The maximum absolute atomic E-state index is 4.66. The van der Waals surface area contributed by atoms with Crippen molar-refractivity contribution in [1.82, 2.24) is 15.2 Å². The fourth-order valence-corrected chi connectivity index (χ4v) is 3.40. The van der Waals surface area contributed by atoms with Crippen LogP contribution in [0.25, 0.3) is 0 Å². The topological polar surface area (TPSA) is 28.2 Å². The lowest BCUT2D eigenvalue weighted by molar-refractivity contribution is 0.270. The van der Waals surface area contributed by atoms with Crippen LogP contribution in [0.2, 0.25) is 0 Å². The molecule has 1 heterocycles. The number of aryl methyl sites for hydroxylation is 1. The zero-order chi connectivity index (χ0) is 14.4. The fraction of sp³-hybridized carbons (Fsp3) is 0.706. The third-order valence-corrected chi connectivity index (χ3v) is 4.60. The highest BCUT2D eigenvalue weighted by Crippen LogP contribution is 2.34. The van der Waals surface area contributed by atoms with Crippen LogP contribution in [0.5, 0.6) is 0 Å². The highest BCUT2D eigenvalue weighted by molar-refractivity contribution is 5.29. The molecular weight excluding hydrogens is 246 g/mol. The number of aromatic nitrogens is 1. The molecule has 1 aliphatic carbocycles. The quantitative estimate of drug-likeness (QED) is 0.791. The summed E-state index contributed by atoms with van der Waals surface area (Å²) in [5, 5.41) is 3.70. The van der Waals surface area contributed by atoms with E-state index in [9.17, 15) is 0 Å². The van der Waals surface area contributed by atoms with Crippen LogP contribution in [0.1, 0.15) is 50.8 Å². The van der Waals surface area contributed by atoms with Crippen molar-refractivity contribution in [2.45, 2.75) is 52.0 Å². The molecule has 3 heteroatoms. The van der Waals surface area contributed by atoms with Crippen molar-refractivity contribution in [1.29, 1.82) is 0 Å². The Morgan fingerprint density at radius 3 is 2.85 bits per heavy atom. The Hall–Kier alpha value is -0.930. The van der Waals surface area contributed by atoms with E-state index in [0.717, 1.165) is 19.6 Å². The lowest BCUT2D eigenvalue weighted by atomic mass is 9.94. The Balaban J connectivity index is 2.02. The van der Waals surface area contributed by atoms with Crippen molar-refractivity contribution >= 4 is 0 Å². The second-order valence-corrected chi connectivity index (χ2v) is 5.67. The normalized spacial score (nSPS) is 19.3. The van der Waals surface area contributed by atoms with E-state index in [1.165, 1.54) is 37.1 Å². The van der Waals surface area contributed by atoms with Gasteiger partial charge in [0.25, 0.3) is 0 Å². The second kappa shape index (κ2) is 7.75. The van der Waals surface area contributed by atoms with Gasteiger partial charge in [0.15, 0.2) is 0 Å². The fourth-order valence-electron chi connectivity index (χ4n) is 3.40. The van der Waals surface area contributed by atoms with E-state index in [4.69, 9.17) is 0 Å². The number of pyridine rings is 1. The number of hydrogen-bond donors (Lipinski definition) is 1. The Morgan fingerprint density at radius 1 is 1.35 bits per heavy atom. The van der Waals surface area contributed by atoms with E-state index < -0.39 is 0 Å². The van der Waals surface area contributed by atoms with E-state index in [-0.39, 0.29) is 0 Å². The zero-order valence-corrected chi connectivity index (χ0v) is 13.2. The molecule has 1 aliphatic rings. The standard InChI is InChI=1S/C17H29N3/c1-4-18-16(11-13-20(5-2)6-3)15-10-9-14-8-7-12-19-17(14)15/h7-8,12,15-16,18H,4-6,9-11,13H2,1-3H3. The summed E-state index contributed by atoms with van der Waals surface area (Å²) in [5.41, 5.74) is 2.81. The van der Waals surface area contributed by atoms with Gasteiger partial charge in [0, 0.05) is 23.9 Å². The summed E-state index contributed by atoms with van der Waals surface area (Å²) in [5.74, 6) is 0.599. The van der Waals surface area contributed by atoms with Gasteiger partial charge in [-0.2, -0.15) is 0 Å². The summed E-state index contributed by atoms with van der Waals surface area (Å²) in [7, 11) is 0. The predicted molar refractivity (Wildman–Crippen MR) is 85.2 cm³/mol. The summed E-state index contributed by atoms with van der Waals surface area (Å²) < 4.78 is 0. The van der Waals surface area contributed by atoms with Crippen LogP contribution in [0.4, 0.5) is 0 Å². The van der Waals surface area contributed by atoms with Crippen LogP contribution in [-0.4, -0.2) is 42.1 Å². The molecule has 20 heavy (non-hydrogen) atoms. The first kappa shape index (κ1) is 15.5. The first-order valence-corrected chi connectivity index (χ1v) is 8.19. The zero-order valence-electron chi connectivity index (χ0n) is 13.2. The van der Waals surface area contributed by atoms with Crippen LogP contribution in [0.3, 0.4) is 0 Å². The molecule has 1 aromatic rings. The van der Waals surface area contributed by atoms with Crippen LogP contribution in [0.15, 0.2) is 18.3 Å². The van der Waals surface area contributed by atoms with Gasteiger partial charge >= 0.3 is 0 Å². The molecule has 0 aliphatic heterocycles. The molecule has 0 fully saturated rings. The average molecular weight is 275 g/mol. The maximum atomic E-state index is 4.66. The largest absolute Gasteiger partial charge is 0.314 e. The third-order valence-electron chi connectivity index (χ3n) is 4.60. The van der Waals surface area contributed by atoms with Crippen LogP contribution >= 0.6 is 0 Å². The van der Waals surface area contributed by atoms with Crippen molar-refractivity contribution in [2.75, 3.05) is 26.2 Å². The van der Waals surface area contributed by atoms with Gasteiger partial charge < -0.3 is 10.2 Å². The molecule has 0 amide bonds. The lowest BCUT2D eigenvalue weighted by Gasteiger charge is -2.27. The van der Waals surface area contributed by atoms with Crippen LogP contribution in [-0.2, 0) is 6.42 Å². The molecule has 2 unspecified atom stereocenters. The second-order valence-electron chi connectivity index (χ2n) is 5.67. The van der Waals surface area contributed by atoms with Gasteiger partial charge in [-0.1, -0.05) is 26.8 Å². The molecule has 3 nitrogen and oxygen atoms in total. The Kier molecular flexibility index (Phi) is 5.99. The molecule has 1 N–H and O–H groups in total. The van der Waals surface area contributed by atoms with Crippen LogP contribution in [0, 0.1) is 0 Å². The smallest absolute Gasteiger partial charge is 0.0482 e. The number of nitrogens with zero attached hydrogens (tertiary/aromatic N) is 2. The molecule has 0 saturated carbocycles. The molecular formula is C17H29N3. The van der Waals surface area contributed by atoms with E-state index in [0.29, 0.717) is 12.0 Å². The Morgan fingerprint density at radius 2 is 2.15 bits per heavy atom. The SMILES string of the molecule is CCNC(CCN(CC)CC)C1CCc2cccnc21. The van der Waals surface area contributed by atoms with Crippen molar-refractivity contribution < 1.29 is 0 Å². The number of fused-ring (bicyclic) bond motifs is 1. The van der Waals surface area contributed by atoms with E-state index in [1.807, 2.05) is 6.20 Å². The van der Waals surface area contributed by atoms with Gasteiger partial charge in [-0.15, -0.1) is 0 Å². The van der Waals surface area contributed by atoms with E-state index in [1.54, 1.807) is 0 Å². The highest BCUT2D eigenvalue weighted by atomic mass is 15.1.